The summed E-state index contributed by atoms with van der Waals surface area (Å²) in [7, 11) is 1.75. The molecule has 0 N–H and O–H groups in total. The van der Waals surface area contributed by atoms with E-state index in [0.29, 0.717) is 12.1 Å². The molecule has 0 aliphatic heterocycles. The number of non-ortho nitro benzene ring substituents is 1. The smallest absolute Gasteiger partial charge is 0.269 e. The monoisotopic (exact) mass is 314 g/mol. The highest BCUT2D eigenvalue weighted by Crippen LogP contribution is 2.14. The van der Waals surface area contributed by atoms with Crippen LogP contribution in [0.25, 0.3) is 0 Å². The molecule has 0 saturated heterocycles. The van der Waals surface area contributed by atoms with E-state index in [2.05, 4.69) is 0 Å². The lowest BCUT2D eigenvalue weighted by Gasteiger charge is -2.19. The number of rotatable bonds is 5. The van der Waals surface area contributed by atoms with E-state index in [4.69, 9.17) is 12.2 Å². The average Bonchev–Trinajstić information content (AvgIpc) is 2.54. The molecule has 0 spiro atoms. The van der Waals surface area contributed by atoms with Crippen LogP contribution in [-0.4, -0.2) is 27.6 Å². The van der Waals surface area contributed by atoms with Crippen molar-refractivity contribution in [1.82, 2.24) is 4.90 Å². The summed E-state index contributed by atoms with van der Waals surface area (Å²) in [6, 6.07) is 15.1. The molecule has 0 radical (unpaired) electrons. The van der Waals surface area contributed by atoms with Crippen molar-refractivity contribution in [2.24, 2.45) is 0 Å². The molecule has 0 fully saturated rings. The highest BCUT2D eigenvalue weighted by molar-refractivity contribution is 7.82. The minimum Gasteiger partial charge on any atom is -0.358 e. The van der Waals surface area contributed by atoms with E-state index >= 15 is 0 Å². The molecule has 0 aliphatic carbocycles. The number of carbonyl (C=O) groups is 1. The van der Waals surface area contributed by atoms with Gasteiger partial charge in [-0.1, -0.05) is 42.5 Å². The van der Waals surface area contributed by atoms with E-state index in [-0.39, 0.29) is 16.5 Å². The van der Waals surface area contributed by atoms with Gasteiger partial charge in [0.25, 0.3) is 5.69 Å². The quantitative estimate of drug-likeness (QED) is 0.367. The second-order valence-electron chi connectivity index (χ2n) is 4.78. The van der Waals surface area contributed by atoms with Crippen LogP contribution >= 0.6 is 12.2 Å². The van der Waals surface area contributed by atoms with Gasteiger partial charge in [-0.25, -0.2) is 0 Å². The van der Waals surface area contributed by atoms with Gasteiger partial charge in [0.1, 0.15) is 0 Å². The van der Waals surface area contributed by atoms with Crippen molar-refractivity contribution in [3.8, 4) is 0 Å². The molecule has 0 bridgehead atoms. The maximum atomic E-state index is 12.3. The number of likely N-dealkylation sites (N-methyl/N-ethyl adjacent to an activating group) is 1. The fourth-order valence-electron chi connectivity index (χ4n) is 1.96. The maximum Gasteiger partial charge on any atom is 0.269 e. The molecule has 0 aromatic heterocycles. The van der Waals surface area contributed by atoms with Gasteiger partial charge < -0.3 is 4.90 Å². The molecule has 0 amide bonds. The first kappa shape index (κ1) is 15.8. The third-order valence-electron chi connectivity index (χ3n) is 3.14. The fraction of sp³-hybridized carbons (Fsp3) is 0.125. The molecule has 2 rings (SSSR count). The summed E-state index contributed by atoms with van der Waals surface area (Å²) in [6.07, 6.45) is 0. The third-order valence-corrected chi connectivity index (χ3v) is 3.64. The Kier molecular flexibility index (Phi) is 4.95. The Morgan fingerprint density at radius 1 is 1.14 bits per heavy atom. The number of nitro benzene ring substituents is 1. The van der Waals surface area contributed by atoms with Crippen LogP contribution in [0.3, 0.4) is 0 Å². The molecule has 0 saturated carbocycles. The van der Waals surface area contributed by atoms with Gasteiger partial charge in [0.05, 0.1) is 4.92 Å². The van der Waals surface area contributed by atoms with E-state index in [1.54, 1.807) is 11.9 Å². The van der Waals surface area contributed by atoms with Gasteiger partial charge in [0.15, 0.2) is 4.99 Å². The summed E-state index contributed by atoms with van der Waals surface area (Å²) in [4.78, 5) is 24.3. The molecule has 5 nitrogen and oxygen atoms in total. The van der Waals surface area contributed by atoms with E-state index < -0.39 is 4.92 Å². The van der Waals surface area contributed by atoms with E-state index in [0.717, 1.165) is 5.56 Å². The van der Waals surface area contributed by atoms with Gasteiger partial charge in [-0.15, -0.1) is 0 Å². The highest BCUT2D eigenvalue weighted by atomic mass is 32.1. The summed E-state index contributed by atoms with van der Waals surface area (Å²) >= 11 is 5.21. The fourth-order valence-corrected chi connectivity index (χ4v) is 2.14. The van der Waals surface area contributed by atoms with E-state index in [1.807, 2.05) is 30.3 Å². The zero-order valence-electron chi connectivity index (χ0n) is 11.9. The SMILES string of the molecule is CN(Cc1ccccc1)C(=S)C(=O)c1ccc([N+](=O)[O-])cc1. The number of hydrogen-bond donors (Lipinski definition) is 0. The van der Waals surface area contributed by atoms with Crippen molar-refractivity contribution in [1.29, 1.82) is 0 Å². The predicted octanol–water partition coefficient (Wildman–Crippen LogP) is 3.24. The van der Waals surface area contributed by atoms with Crippen molar-refractivity contribution in [3.05, 3.63) is 75.8 Å². The molecule has 6 heteroatoms. The zero-order valence-corrected chi connectivity index (χ0v) is 12.7. The zero-order chi connectivity index (χ0) is 16.1. The minimum absolute atomic E-state index is 0.0555. The van der Waals surface area contributed by atoms with Gasteiger partial charge in [-0.2, -0.15) is 0 Å². The predicted molar refractivity (Wildman–Crippen MR) is 87.9 cm³/mol. The topological polar surface area (TPSA) is 63.5 Å². The second-order valence-corrected chi connectivity index (χ2v) is 5.17. The molecule has 22 heavy (non-hydrogen) atoms. The van der Waals surface area contributed by atoms with Crippen LogP contribution in [0.1, 0.15) is 15.9 Å². The Bertz CT molecular complexity index is 699. The molecular weight excluding hydrogens is 300 g/mol. The average molecular weight is 314 g/mol. The Balaban J connectivity index is 2.08. The molecule has 0 atom stereocenters. The summed E-state index contributed by atoms with van der Waals surface area (Å²) in [5, 5.41) is 10.6. The lowest BCUT2D eigenvalue weighted by atomic mass is 10.1. The number of hydrogen-bond acceptors (Lipinski definition) is 4. The molecule has 0 heterocycles. The largest absolute Gasteiger partial charge is 0.358 e. The number of nitrogens with zero attached hydrogens (tertiary/aromatic N) is 2. The lowest BCUT2D eigenvalue weighted by molar-refractivity contribution is -0.384. The van der Waals surface area contributed by atoms with Gasteiger partial charge in [-0.05, 0) is 17.7 Å². The lowest BCUT2D eigenvalue weighted by Crippen LogP contribution is -2.31. The van der Waals surface area contributed by atoms with Gasteiger partial charge in [-0.3, -0.25) is 14.9 Å². The van der Waals surface area contributed by atoms with Gasteiger partial charge in [0.2, 0.25) is 5.78 Å². The van der Waals surface area contributed by atoms with Crippen molar-refractivity contribution < 1.29 is 9.72 Å². The first-order chi connectivity index (χ1) is 10.5. The number of nitro groups is 1. The molecule has 2 aromatic rings. The third kappa shape index (κ3) is 3.73. The van der Waals surface area contributed by atoms with E-state index in [9.17, 15) is 14.9 Å². The Morgan fingerprint density at radius 2 is 1.73 bits per heavy atom. The van der Waals surface area contributed by atoms with Crippen molar-refractivity contribution in [3.63, 3.8) is 0 Å². The van der Waals surface area contributed by atoms with Crippen molar-refractivity contribution >= 4 is 28.7 Å². The van der Waals surface area contributed by atoms with Crippen LogP contribution in [0.2, 0.25) is 0 Å². The van der Waals surface area contributed by atoms with Crippen LogP contribution in [0.4, 0.5) is 5.69 Å². The first-order valence-corrected chi connectivity index (χ1v) is 6.98. The summed E-state index contributed by atoms with van der Waals surface area (Å²) < 4.78 is 0. The minimum atomic E-state index is -0.506. The number of Topliss-reactive ketones (excluding diaryl/α,β-unsaturated/α-hetero) is 1. The van der Waals surface area contributed by atoms with Crippen molar-refractivity contribution in [2.45, 2.75) is 6.54 Å². The Morgan fingerprint density at radius 3 is 2.27 bits per heavy atom. The van der Waals surface area contributed by atoms with Gasteiger partial charge in [0, 0.05) is 31.3 Å². The first-order valence-electron chi connectivity index (χ1n) is 6.57. The molecule has 112 valence electrons. The van der Waals surface area contributed by atoms with Crippen LogP contribution in [-0.2, 0) is 6.54 Å². The highest BCUT2D eigenvalue weighted by Gasteiger charge is 2.17. The van der Waals surface area contributed by atoms with Crippen molar-refractivity contribution in [2.75, 3.05) is 7.05 Å². The molecule has 0 unspecified atom stereocenters. The summed E-state index contributed by atoms with van der Waals surface area (Å²) in [5.74, 6) is -0.316. The second kappa shape index (κ2) is 6.91. The maximum absolute atomic E-state index is 12.3. The summed E-state index contributed by atoms with van der Waals surface area (Å²) in [6.45, 7) is 0.526. The van der Waals surface area contributed by atoms with E-state index in [1.165, 1.54) is 24.3 Å². The van der Waals surface area contributed by atoms with Crippen LogP contribution in [0.5, 0.6) is 0 Å². The van der Waals surface area contributed by atoms with Crippen LogP contribution in [0, 0.1) is 10.1 Å². The standard InChI is InChI=1S/C16H14N2O3S/c1-17(11-12-5-3-2-4-6-12)16(22)15(19)13-7-9-14(10-8-13)18(20)21/h2-10H,11H2,1H3. The summed E-state index contributed by atoms with van der Waals surface area (Å²) in [5.41, 5.74) is 1.33. The molecular formula is C16H14N2O3S. The number of benzene rings is 2. The number of ketones is 1. The molecule has 0 aliphatic rings. The number of carbonyl (C=O) groups excluding carboxylic acids is 1. The van der Waals surface area contributed by atoms with Crippen LogP contribution in [0.15, 0.2) is 54.6 Å². The molecule has 2 aromatic carbocycles. The van der Waals surface area contributed by atoms with Crippen LogP contribution < -0.4 is 0 Å². The number of thiocarbonyl (C=S) groups is 1. The van der Waals surface area contributed by atoms with Gasteiger partial charge >= 0.3 is 0 Å². The Hall–Kier alpha value is -2.60. The normalized spacial score (nSPS) is 10.0. The Labute approximate surface area is 133 Å².